The molecule has 0 bridgehead atoms. The Bertz CT molecular complexity index is 945. The fourth-order valence-corrected chi connectivity index (χ4v) is 3.36. The van der Waals surface area contributed by atoms with Crippen molar-refractivity contribution in [3.05, 3.63) is 24.5 Å². The van der Waals surface area contributed by atoms with Gasteiger partial charge in [0.2, 0.25) is 11.9 Å². The smallest absolute Gasteiger partial charge is 0.237 e. The van der Waals surface area contributed by atoms with E-state index in [0.717, 1.165) is 0 Å². The monoisotopic (exact) mass is 374 g/mol. The number of ether oxygens (including phenoxy) is 1. The number of nitrogen functional groups attached to an aromatic ring is 1. The number of nitrogens with one attached hydrogen (secondary N) is 2. The van der Waals surface area contributed by atoms with Crippen LogP contribution in [-0.4, -0.2) is 43.3 Å². The predicted molar refractivity (Wildman–Crippen MR) is 99.3 cm³/mol. The molecule has 136 valence electrons. The van der Waals surface area contributed by atoms with Crippen LogP contribution in [0.3, 0.4) is 0 Å². The number of amides is 1. The Morgan fingerprint density at radius 1 is 1.46 bits per heavy atom. The molecule has 10 heteroatoms. The Morgan fingerprint density at radius 2 is 2.27 bits per heavy atom. The van der Waals surface area contributed by atoms with Crippen LogP contribution >= 0.6 is 11.8 Å². The molecule has 0 saturated heterocycles. The fraction of sp³-hybridized carbons (Fsp3) is 0.250. The number of aromatic nitrogens is 4. The Morgan fingerprint density at radius 3 is 3.00 bits per heavy atom. The molecule has 0 saturated carbocycles. The summed E-state index contributed by atoms with van der Waals surface area (Å²) in [5.41, 5.74) is 7.34. The number of nitrogens with zero attached hydrogens (tertiary/aromatic N) is 3. The molecule has 1 unspecified atom stereocenters. The van der Waals surface area contributed by atoms with Crippen LogP contribution in [-0.2, 0) is 4.79 Å². The van der Waals surface area contributed by atoms with E-state index in [1.165, 1.54) is 31.3 Å². The molecule has 0 radical (unpaired) electrons. The molecule has 0 aliphatic carbocycles. The van der Waals surface area contributed by atoms with Crippen molar-refractivity contribution in [2.45, 2.75) is 23.6 Å². The summed E-state index contributed by atoms with van der Waals surface area (Å²) in [6, 6.07) is 4.62. The van der Waals surface area contributed by atoms with E-state index in [2.05, 4.69) is 25.3 Å². The van der Waals surface area contributed by atoms with E-state index in [0.29, 0.717) is 28.3 Å². The number of carbonyl (C=O) groups excluding carboxylic acids is 1. The number of phenolic OH excluding ortho intramolecular Hbond substituents is 1. The molecule has 26 heavy (non-hydrogen) atoms. The highest BCUT2D eigenvalue weighted by molar-refractivity contribution is 8.00. The van der Waals surface area contributed by atoms with Crippen molar-refractivity contribution in [3.63, 3.8) is 0 Å². The number of thioether (sulfide) groups is 1. The van der Waals surface area contributed by atoms with E-state index in [9.17, 15) is 9.90 Å². The molecule has 1 atom stereocenters. The SMILES string of the molecule is CCC(Sc1nc(N)nc2nc[nH]c12)C(=O)Nc1ccc(O)c(OC)c1. The van der Waals surface area contributed by atoms with Gasteiger partial charge in [0.15, 0.2) is 17.1 Å². The Labute approximate surface area is 153 Å². The molecule has 5 N–H and O–H groups in total. The van der Waals surface area contributed by atoms with Crippen LogP contribution in [0.5, 0.6) is 11.5 Å². The van der Waals surface area contributed by atoms with Gasteiger partial charge in [-0.1, -0.05) is 18.7 Å². The zero-order valence-corrected chi connectivity index (χ0v) is 15.0. The molecule has 3 aromatic rings. The van der Waals surface area contributed by atoms with Crippen molar-refractivity contribution in [1.82, 2.24) is 19.9 Å². The van der Waals surface area contributed by atoms with Crippen molar-refractivity contribution in [1.29, 1.82) is 0 Å². The van der Waals surface area contributed by atoms with Crippen LogP contribution in [0.25, 0.3) is 11.2 Å². The summed E-state index contributed by atoms with van der Waals surface area (Å²) < 4.78 is 5.05. The van der Waals surface area contributed by atoms with Gasteiger partial charge in [-0.2, -0.15) is 4.98 Å². The average molecular weight is 374 g/mol. The minimum atomic E-state index is -0.407. The summed E-state index contributed by atoms with van der Waals surface area (Å²) in [4.78, 5) is 28.0. The number of fused-ring (bicyclic) bond motifs is 1. The highest BCUT2D eigenvalue weighted by atomic mass is 32.2. The number of rotatable bonds is 6. The van der Waals surface area contributed by atoms with Crippen molar-refractivity contribution in [2.75, 3.05) is 18.2 Å². The molecular formula is C16H18N6O3S. The number of nitrogens with two attached hydrogens (primary N) is 1. The van der Waals surface area contributed by atoms with E-state index < -0.39 is 5.25 Å². The normalized spacial score (nSPS) is 12.1. The van der Waals surface area contributed by atoms with Crippen molar-refractivity contribution in [3.8, 4) is 11.5 Å². The fourth-order valence-electron chi connectivity index (χ4n) is 2.34. The zero-order chi connectivity index (χ0) is 18.7. The molecule has 0 aliphatic rings. The van der Waals surface area contributed by atoms with Crippen LogP contribution in [0.4, 0.5) is 11.6 Å². The quantitative estimate of drug-likeness (QED) is 0.292. The van der Waals surface area contributed by atoms with E-state index in [-0.39, 0.29) is 23.4 Å². The van der Waals surface area contributed by atoms with E-state index in [1.54, 1.807) is 12.1 Å². The zero-order valence-electron chi connectivity index (χ0n) is 14.2. The summed E-state index contributed by atoms with van der Waals surface area (Å²) in [5.74, 6) is 0.192. The topological polar surface area (TPSA) is 139 Å². The third kappa shape index (κ3) is 3.64. The molecule has 0 aliphatic heterocycles. The first-order chi connectivity index (χ1) is 12.5. The van der Waals surface area contributed by atoms with Gasteiger partial charge in [0.05, 0.1) is 18.7 Å². The standard InChI is InChI=1S/C16H18N6O3S/c1-3-11(14(24)20-8-4-5-9(23)10(6-8)25-2)26-15-12-13(19-7-18-12)21-16(17)22-15/h4-7,11,23H,3H2,1-2H3,(H,20,24)(H3,17,18,19,21,22). The second-order valence-electron chi connectivity index (χ2n) is 5.38. The number of hydrogen-bond donors (Lipinski definition) is 4. The number of anilines is 2. The van der Waals surface area contributed by atoms with Gasteiger partial charge in [-0.3, -0.25) is 4.79 Å². The lowest BCUT2D eigenvalue weighted by atomic mass is 10.2. The number of carbonyl (C=O) groups is 1. The van der Waals surface area contributed by atoms with Crippen LogP contribution in [0, 0.1) is 0 Å². The number of methoxy groups -OCH3 is 1. The highest BCUT2D eigenvalue weighted by Crippen LogP contribution is 2.31. The molecule has 1 aromatic carbocycles. The maximum atomic E-state index is 12.7. The molecule has 9 nitrogen and oxygen atoms in total. The van der Waals surface area contributed by atoms with E-state index in [1.807, 2.05) is 6.92 Å². The summed E-state index contributed by atoms with van der Waals surface area (Å²) in [7, 11) is 1.44. The maximum absolute atomic E-state index is 12.7. The number of H-pyrrole nitrogens is 1. The lowest BCUT2D eigenvalue weighted by Crippen LogP contribution is -2.24. The number of phenols is 1. The third-order valence-corrected chi connectivity index (χ3v) is 4.98. The van der Waals surface area contributed by atoms with Crippen LogP contribution in [0.15, 0.2) is 29.6 Å². The first-order valence-corrected chi connectivity index (χ1v) is 8.71. The molecule has 3 rings (SSSR count). The van der Waals surface area contributed by atoms with Crippen LogP contribution in [0.1, 0.15) is 13.3 Å². The molecule has 0 fully saturated rings. The van der Waals surface area contributed by atoms with Crippen LogP contribution < -0.4 is 15.8 Å². The molecular weight excluding hydrogens is 356 g/mol. The van der Waals surface area contributed by atoms with Crippen molar-refractivity contribution < 1.29 is 14.6 Å². The minimum Gasteiger partial charge on any atom is -0.504 e. The summed E-state index contributed by atoms with van der Waals surface area (Å²) >= 11 is 1.28. The number of hydrogen-bond acceptors (Lipinski definition) is 8. The van der Waals surface area contributed by atoms with Gasteiger partial charge < -0.3 is 25.9 Å². The summed E-state index contributed by atoms with van der Waals surface area (Å²) in [6.45, 7) is 1.91. The number of aromatic amines is 1. The second kappa shape index (κ2) is 7.48. The Kier molecular flexibility index (Phi) is 5.12. The van der Waals surface area contributed by atoms with Crippen molar-refractivity contribution in [2.24, 2.45) is 0 Å². The van der Waals surface area contributed by atoms with Gasteiger partial charge in [0.1, 0.15) is 10.5 Å². The highest BCUT2D eigenvalue weighted by Gasteiger charge is 2.22. The lowest BCUT2D eigenvalue weighted by molar-refractivity contribution is -0.115. The second-order valence-corrected chi connectivity index (χ2v) is 6.57. The number of aromatic hydroxyl groups is 1. The Hall–Kier alpha value is -3.01. The van der Waals surface area contributed by atoms with Crippen molar-refractivity contribution >= 4 is 40.5 Å². The van der Waals surface area contributed by atoms with Gasteiger partial charge >= 0.3 is 0 Å². The predicted octanol–water partition coefficient (Wildman–Crippen LogP) is 2.16. The van der Waals surface area contributed by atoms with E-state index >= 15 is 0 Å². The molecule has 2 heterocycles. The maximum Gasteiger partial charge on any atom is 0.237 e. The molecule has 1 amide bonds. The molecule has 0 spiro atoms. The first kappa shape index (κ1) is 17.8. The minimum absolute atomic E-state index is 0.00464. The van der Waals surface area contributed by atoms with Gasteiger partial charge in [-0.15, -0.1) is 0 Å². The number of benzene rings is 1. The molecule has 2 aromatic heterocycles. The lowest BCUT2D eigenvalue weighted by Gasteiger charge is -2.15. The van der Waals surface area contributed by atoms with Gasteiger partial charge in [-0.05, 0) is 18.6 Å². The largest absolute Gasteiger partial charge is 0.504 e. The van der Waals surface area contributed by atoms with Gasteiger partial charge in [0, 0.05) is 11.8 Å². The van der Waals surface area contributed by atoms with E-state index in [4.69, 9.17) is 10.5 Å². The first-order valence-electron chi connectivity index (χ1n) is 7.83. The Balaban J connectivity index is 1.79. The summed E-state index contributed by atoms with van der Waals surface area (Å²) in [6.07, 6.45) is 2.08. The van der Waals surface area contributed by atoms with Gasteiger partial charge in [-0.25, -0.2) is 9.97 Å². The summed E-state index contributed by atoms with van der Waals surface area (Å²) in [5, 5.41) is 12.6. The average Bonchev–Trinajstić information content (AvgIpc) is 3.09. The van der Waals surface area contributed by atoms with Crippen LogP contribution in [0.2, 0.25) is 0 Å². The third-order valence-electron chi connectivity index (χ3n) is 3.63. The number of imidazole rings is 1. The van der Waals surface area contributed by atoms with Gasteiger partial charge in [0.25, 0.3) is 0 Å².